The third-order valence-electron chi connectivity index (χ3n) is 3.29. The van der Waals surface area contributed by atoms with E-state index < -0.39 is 6.04 Å². The van der Waals surface area contributed by atoms with E-state index in [1.807, 2.05) is 13.8 Å². The lowest BCUT2D eigenvalue weighted by atomic mass is 10.0. The van der Waals surface area contributed by atoms with Crippen molar-refractivity contribution in [2.75, 3.05) is 6.54 Å². The van der Waals surface area contributed by atoms with Gasteiger partial charge in [-0.15, -0.1) is 0 Å². The Morgan fingerprint density at radius 3 is 2.70 bits per heavy atom. The number of nitrogens with zero attached hydrogens (tertiary/aromatic N) is 1. The van der Waals surface area contributed by atoms with Crippen molar-refractivity contribution in [3.8, 4) is 0 Å². The third-order valence-corrected chi connectivity index (χ3v) is 4.15. The molecule has 1 unspecified atom stereocenters. The van der Waals surface area contributed by atoms with Gasteiger partial charge in [0.15, 0.2) is 0 Å². The third kappa shape index (κ3) is 3.07. The highest BCUT2D eigenvalue weighted by Crippen LogP contribution is 2.27. The van der Waals surface area contributed by atoms with Crippen molar-refractivity contribution < 1.29 is 9.59 Å². The minimum atomic E-state index is -0.478. The van der Waals surface area contributed by atoms with Crippen molar-refractivity contribution in [2.24, 2.45) is 5.92 Å². The van der Waals surface area contributed by atoms with Gasteiger partial charge >= 0.3 is 0 Å². The number of amides is 2. The highest BCUT2D eigenvalue weighted by molar-refractivity contribution is 6.42. The first kappa shape index (κ1) is 15.1. The summed E-state index contributed by atoms with van der Waals surface area (Å²) in [5, 5.41) is 3.59. The minimum absolute atomic E-state index is 0.0454. The zero-order valence-electron chi connectivity index (χ0n) is 11.3. The molecule has 1 aliphatic rings. The monoisotopic (exact) mass is 314 g/mol. The Hall–Kier alpha value is -1.26. The van der Waals surface area contributed by atoms with E-state index >= 15 is 0 Å². The normalized spacial score (nSPS) is 19.4. The molecular weight excluding hydrogens is 299 g/mol. The maximum Gasteiger partial charge on any atom is 0.246 e. The summed E-state index contributed by atoms with van der Waals surface area (Å²) < 4.78 is 0. The van der Waals surface area contributed by atoms with Gasteiger partial charge < -0.3 is 10.2 Å². The zero-order valence-corrected chi connectivity index (χ0v) is 12.8. The van der Waals surface area contributed by atoms with E-state index in [0.29, 0.717) is 10.0 Å². The van der Waals surface area contributed by atoms with E-state index in [4.69, 9.17) is 23.2 Å². The summed E-state index contributed by atoms with van der Waals surface area (Å²) in [5.74, 6) is -0.193. The largest absolute Gasteiger partial charge is 0.343 e. The smallest absolute Gasteiger partial charge is 0.246 e. The van der Waals surface area contributed by atoms with Gasteiger partial charge in [0.05, 0.1) is 16.6 Å². The summed E-state index contributed by atoms with van der Waals surface area (Å²) in [7, 11) is 0. The van der Waals surface area contributed by atoms with Crippen LogP contribution in [0.2, 0.25) is 10.0 Å². The molecule has 4 nitrogen and oxygen atoms in total. The molecule has 0 bridgehead atoms. The van der Waals surface area contributed by atoms with Gasteiger partial charge in [-0.05, 0) is 17.5 Å². The van der Waals surface area contributed by atoms with Gasteiger partial charge in [0.25, 0.3) is 0 Å². The highest BCUT2D eigenvalue weighted by Gasteiger charge is 2.34. The molecule has 1 fully saturated rings. The quantitative estimate of drug-likeness (QED) is 0.931. The van der Waals surface area contributed by atoms with Crippen molar-refractivity contribution in [1.29, 1.82) is 0 Å². The number of benzene rings is 1. The number of nitrogens with one attached hydrogen (secondary N) is 1. The molecule has 1 aromatic rings. The maximum absolute atomic E-state index is 12.3. The number of rotatable bonds is 3. The molecule has 1 N–H and O–H groups in total. The van der Waals surface area contributed by atoms with E-state index in [1.165, 1.54) is 4.90 Å². The van der Waals surface area contributed by atoms with Crippen LogP contribution in [0, 0.1) is 5.92 Å². The molecule has 2 rings (SSSR count). The lowest BCUT2D eigenvalue weighted by molar-refractivity contribution is -0.146. The lowest BCUT2D eigenvalue weighted by Crippen LogP contribution is -2.59. The number of carbonyl (C=O) groups excluding carboxylic acids is 2. The topological polar surface area (TPSA) is 49.4 Å². The fourth-order valence-electron chi connectivity index (χ4n) is 2.19. The first-order valence-corrected chi connectivity index (χ1v) is 7.16. The molecule has 1 aromatic carbocycles. The van der Waals surface area contributed by atoms with E-state index in [1.54, 1.807) is 18.2 Å². The van der Waals surface area contributed by atoms with Crippen LogP contribution in [0.15, 0.2) is 18.2 Å². The molecule has 1 heterocycles. The van der Waals surface area contributed by atoms with Crippen LogP contribution >= 0.6 is 23.2 Å². The van der Waals surface area contributed by atoms with Crippen molar-refractivity contribution in [1.82, 2.24) is 10.2 Å². The molecule has 1 aliphatic heterocycles. The molecule has 2 amide bonds. The Kier molecular flexibility index (Phi) is 4.55. The molecule has 0 radical (unpaired) electrons. The van der Waals surface area contributed by atoms with Crippen molar-refractivity contribution in [3.63, 3.8) is 0 Å². The average Bonchev–Trinajstić information content (AvgIpc) is 2.38. The van der Waals surface area contributed by atoms with Gasteiger partial charge in [-0.2, -0.15) is 0 Å². The number of hydrogen-bond donors (Lipinski definition) is 1. The summed E-state index contributed by atoms with van der Waals surface area (Å²) >= 11 is 12.1. The molecule has 1 atom stereocenters. The highest BCUT2D eigenvalue weighted by atomic mass is 35.5. The van der Waals surface area contributed by atoms with Gasteiger partial charge in [0.1, 0.15) is 6.04 Å². The molecule has 6 heteroatoms. The predicted octanol–water partition coefficient (Wildman–Crippen LogP) is 2.48. The van der Waals surface area contributed by atoms with E-state index in [0.717, 1.165) is 5.56 Å². The van der Waals surface area contributed by atoms with Crippen LogP contribution in [0.3, 0.4) is 0 Å². The average molecular weight is 315 g/mol. The molecule has 108 valence electrons. The molecule has 20 heavy (non-hydrogen) atoms. The van der Waals surface area contributed by atoms with Gasteiger partial charge in [-0.25, -0.2) is 0 Å². The molecule has 0 spiro atoms. The molecule has 0 aliphatic carbocycles. The number of halogens is 2. The number of piperazine rings is 1. The molecule has 0 aromatic heterocycles. The van der Waals surface area contributed by atoms with Crippen molar-refractivity contribution in [3.05, 3.63) is 33.8 Å². The Labute approximate surface area is 128 Å². The Morgan fingerprint density at radius 1 is 1.35 bits per heavy atom. The van der Waals surface area contributed by atoms with Crippen LogP contribution in [0.4, 0.5) is 0 Å². The molecular formula is C14H16Cl2N2O2. The predicted molar refractivity (Wildman–Crippen MR) is 78.6 cm³/mol. The lowest BCUT2D eigenvalue weighted by Gasteiger charge is -2.34. The van der Waals surface area contributed by atoms with Crippen LogP contribution in [0.25, 0.3) is 0 Å². The SMILES string of the molecule is CC(C)C1NC(=O)CN(Cc2cccc(Cl)c2Cl)C1=O. The first-order chi connectivity index (χ1) is 9.40. The van der Waals surface area contributed by atoms with Crippen LogP contribution in [0.5, 0.6) is 0 Å². The van der Waals surface area contributed by atoms with E-state index in [-0.39, 0.29) is 30.8 Å². The second-order valence-corrected chi connectivity index (χ2v) is 5.98. The van der Waals surface area contributed by atoms with Crippen molar-refractivity contribution >= 4 is 35.0 Å². The molecule has 1 saturated heterocycles. The van der Waals surface area contributed by atoms with Gasteiger partial charge in [-0.1, -0.05) is 49.2 Å². The second-order valence-electron chi connectivity index (χ2n) is 5.20. The standard InChI is InChI=1S/C14H16Cl2N2O2/c1-8(2)13-14(20)18(7-11(19)17-13)6-9-4-3-5-10(15)12(9)16/h3-5,8,13H,6-7H2,1-2H3,(H,17,19). The summed E-state index contributed by atoms with van der Waals surface area (Å²) in [6.07, 6.45) is 0. The van der Waals surface area contributed by atoms with Crippen LogP contribution < -0.4 is 5.32 Å². The Balaban J connectivity index is 2.21. The van der Waals surface area contributed by atoms with Crippen LogP contribution in [0.1, 0.15) is 19.4 Å². The summed E-state index contributed by atoms with van der Waals surface area (Å²) in [6, 6.07) is 4.79. The second kappa shape index (κ2) is 6.02. The maximum atomic E-state index is 12.3. The summed E-state index contributed by atoms with van der Waals surface area (Å²) in [4.78, 5) is 25.6. The zero-order chi connectivity index (χ0) is 14.9. The summed E-state index contributed by atoms with van der Waals surface area (Å²) in [5.41, 5.74) is 0.740. The van der Waals surface area contributed by atoms with Gasteiger partial charge in [0, 0.05) is 6.54 Å². The van der Waals surface area contributed by atoms with Crippen LogP contribution in [-0.4, -0.2) is 29.3 Å². The van der Waals surface area contributed by atoms with E-state index in [2.05, 4.69) is 5.32 Å². The first-order valence-electron chi connectivity index (χ1n) is 6.41. The Morgan fingerprint density at radius 2 is 2.05 bits per heavy atom. The Bertz CT molecular complexity index is 546. The summed E-state index contributed by atoms with van der Waals surface area (Å²) in [6.45, 7) is 4.14. The van der Waals surface area contributed by atoms with E-state index in [9.17, 15) is 9.59 Å². The minimum Gasteiger partial charge on any atom is -0.343 e. The number of hydrogen-bond acceptors (Lipinski definition) is 2. The van der Waals surface area contributed by atoms with Gasteiger partial charge in [0.2, 0.25) is 11.8 Å². The van der Waals surface area contributed by atoms with Crippen molar-refractivity contribution in [2.45, 2.75) is 26.4 Å². The fraction of sp³-hybridized carbons (Fsp3) is 0.429. The molecule has 0 saturated carbocycles. The fourth-order valence-corrected chi connectivity index (χ4v) is 2.57. The number of carbonyl (C=O) groups is 2. The van der Waals surface area contributed by atoms with Crippen LogP contribution in [-0.2, 0) is 16.1 Å². The van der Waals surface area contributed by atoms with Gasteiger partial charge in [-0.3, -0.25) is 9.59 Å².